The van der Waals surface area contributed by atoms with Gasteiger partial charge in [-0.05, 0) is 42.4 Å². The largest absolute Gasteiger partial charge is 0.376 e. The minimum Gasteiger partial charge on any atom is -0.376 e. The summed E-state index contributed by atoms with van der Waals surface area (Å²) in [4.78, 5) is 0. The molecule has 2 unspecified atom stereocenters. The van der Waals surface area contributed by atoms with Gasteiger partial charge < -0.3 is 5.11 Å². The highest BCUT2D eigenvalue weighted by Gasteiger charge is 2.10. The fourth-order valence-electron chi connectivity index (χ4n) is 2.86. The molecule has 0 spiro atoms. The van der Waals surface area contributed by atoms with Crippen molar-refractivity contribution in [3.8, 4) is 11.8 Å². The molecule has 1 heteroatoms. The van der Waals surface area contributed by atoms with Gasteiger partial charge in [-0.1, -0.05) is 69.7 Å². The van der Waals surface area contributed by atoms with Crippen molar-refractivity contribution in [2.24, 2.45) is 5.92 Å². The Hall–Kier alpha value is -1.52. The summed E-state index contributed by atoms with van der Waals surface area (Å²) >= 11 is 0. The highest BCUT2D eigenvalue weighted by Crippen LogP contribution is 2.22. The molecular formula is C22H32O. The van der Waals surface area contributed by atoms with Crippen LogP contribution < -0.4 is 0 Å². The third-order valence-electron chi connectivity index (χ3n) is 4.39. The smallest absolute Gasteiger partial charge is 0.140 e. The summed E-state index contributed by atoms with van der Waals surface area (Å²) in [5.41, 5.74) is 3.26. The first-order valence-electron chi connectivity index (χ1n) is 8.95. The Bertz CT molecular complexity index is 533. The van der Waals surface area contributed by atoms with Crippen molar-refractivity contribution in [2.75, 3.05) is 0 Å². The van der Waals surface area contributed by atoms with Gasteiger partial charge in [0.05, 0.1) is 0 Å². The predicted octanol–water partition coefficient (Wildman–Crippen LogP) is 5.76. The van der Waals surface area contributed by atoms with Crippen LogP contribution in [0.25, 0.3) is 0 Å². The van der Waals surface area contributed by atoms with E-state index in [1.54, 1.807) is 0 Å². The van der Waals surface area contributed by atoms with Crippen LogP contribution in [-0.4, -0.2) is 5.11 Å². The van der Waals surface area contributed by atoms with Crippen molar-refractivity contribution >= 4 is 0 Å². The number of rotatable bonds is 9. The second-order valence-electron chi connectivity index (χ2n) is 6.50. The first-order chi connectivity index (χ1) is 11.1. The standard InChI is InChI=1S/C22H32O/c1-5-7-8-13-18(3)14-9-10-17-22(23)21-16-11-15-19(4)20(21)12-6-2/h6,11,15-16,18,22-23H,2,5,7-9,12-14H2,1,3-4H3. The Kier molecular flexibility index (Phi) is 9.41. The number of allylic oxidation sites excluding steroid dienone is 1. The summed E-state index contributed by atoms with van der Waals surface area (Å²) in [6.45, 7) is 10.4. The maximum absolute atomic E-state index is 10.4. The maximum atomic E-state index is 10.4. The fraction of sp³-hybridized carbons (Fsp3) is 0.545. The van der Waals surface area contributed by atoms with Crippen LogP contribution in [0.15, 0.2) is 30.9 Å². The van der Waals surface area contributed by atoms with Gasteiger partial charge in [0.2, 0.25) is 0 Å². The predicted molar refractivity (Wildman–Crippen MR) is 100 cm³/mol. The number of benzene rings is 1. The van der Waals surface area contributed by atoms with E-state index in [-0.39, 0.29) is 0 Å². The van der Waals surface area contributed by atoms with E-state index < -0.39 is 6.10 Å². The molecule has 0 amide bonds. The summed E-state index contributed by atoms with van der Waals surface area (Å²) < 4.78 is 0. The van der Waals surface area contributed by atoms with Gasteiger partial charge in [-0.2, -0.15) is 0 Å². The number of aliphatic hydroxyl groups is 1. The third kappa shape index (κ3) is 7.06. The van der Waals surface area contributed by atoms with E-state index in [0.717, 1.165) is 36.3 Å². The molecule has 0 heterocycles. The van der Waals surface area contributed by atoms with Gasteiger partial charge in [-0.25, -0.2) is 0 Å². The fourth-order valence-corrected chi connectivity index (χ4v) is 2.86. The van der Waals surface area contributed by atoms with E-state index in [9.17, 15) is 5.11 Å². The van der Waals surface area contributed by atoms with Gasteiger partial charge >= 0.3 is 0 Å². The van der Waals surface area contributed by atoms with E-state index in [1.807, 2.05) is 18.2 Å². The lowest BCUT2D eigenvalue weighted by atomic mass is 9.95. The van der Waals surface area contributed by atoms with E-state index >= 15 is 0 Å². The summed E-state index contributed by atoms with van der Waals surface area (Å²) in [6, 6.07) is 6.02. The van der Waals surface area contributed by atoms with Gasteiger partial charge in [0.15, 0.2) is 0 Å². The Balaban J connectivity index is 2.56. The van der Waals surface area contributed by atoms with Crippen molar-refractivity contribution in [3.05, 3.63) is 47.5 Å². The molecule has 0 fully saturated rings. The Morgan fingerprint density at radius 2 is 2.04 bits per heavy atom. The lowest BCUT2D eigenvalue weighted by Crippen LogP contribution is -2.02. The molecule has 0 aromatic heterocycles. The molecule has 126 valence electrons. The lowest BCUT2D eigenvalue weighted by molar-refractivity contribution is 0.237. The Labute approximate surface area is 142 Å². The second kappa shape index (κ2) is 11.1. The quantitative estimate of drug-likeness (QED) is 0.349. The molecule has 1 rings (SSSR count). The van der Waals surface area contributed by atoms with Gasteiger partial charge in [0.25, 0.3) is 0 Å². The molecule has 0 bridgehead atoms. The molecule has 0 aliphatic rings. The molecule has 1 aromatic rings. The van der Waals surface area contributed by atoms with Crippen LogP contribution in [-0.2, 0) is 6.42 Å². The van der Waals surface area contributed by atoms with Crippen LogP contribution >= 0.6 is 0 Å². The number of aryl methyl sites for hydroxylation is 1. The molecule has 1 nitrogen and oxygen atoms in total. The first-order valence-corrected chi connectivity index (χ1v) is 8.95. The van der Waals surface area contributed by atoms with Gasteiger partial charge in [-0.15, -0.1) is 12.5 Å². The van der Waals surface area contributed by atoms with Crippen LogP contribution in [0.3, 0.4) is 0 Å². The molecule has 1 N–H and O–H groups in total. The minimum absolute atomic E-state index is 0.694. The Morgan fingerprint density at radius 3 is 2.74 bits per heavy atom. The molecule has 0 aliphatic heterocycles. The van der Waals surface area contributed by atoms with Crippen LogP contribution in [0.1, 0.15) is 75.2 Å². The normalized spacial score (nSPS) is 13.0. The zero-order chi connectivity index (χ0) is 17.1. The monoisotopic (exact) mass is 312 g/mol. The van der Waals surface area contributed by atoms with Crippen LogP contribution in [0.2, 0.25) is 0 Å². The molecule has 0 radical (unpaired) electrons. The maximum Gasteiger partial charge on any atom is 0.140 e. The molecule has 1 aromatic carbocycles. The average molecular weight is 312 g/mol. The number of hydrogen-bond donors (Lipinski definition) is 1. The topological polar surface area (TPSA) is 20.2 Å². The van der Waals surface area contributed by atoms with E-state index in [1.165, 1.54) is 31.2 Å². The average Bonchev–Trinajstić information content (AvgIpc) is 2.53. The molecule has 23 heavy (non-hydrogen) atoms. The summed E-state index contributed by atoms with van der Waals surface area (Å²) in [7, 11) is 0. The number of unbranched alkanes of at least 4 members (excludes halogenated alkanes) is 2. The van der Waals surface area contributed by atoms with Crippen molar-refractivity contribution in [1.29, 1.82) is 0 Å². The SMILES string of the molecule is C=CCc1c(C)cccc1C(O)C#CCCC(C)CCCCC. The molecule has 0 saturated heterocycles. The number of aliphatic hydroxyl groups excluding tert-OH is 1. The molecular weight excluding hydrogens is 280 g/mol. The summed E-state index contributed by atoms with van der Waals surface area (Å²) in [6.07, 6.45) is 9.17. The highest BCUT2D eigenvalue weighted by atomic mass is 16.3. The van der Waals surface area contributed by atoms with Crippen LogP contribution in [0.4, 0.5) is 0 Å². The van der Waals surface area contributed by atoms with Gasteiger partial charge in [0.1, 0.15) is 6.10 Å². The summed E-state index contributed by atoms with van der Waals surface area (Å²) in [5.74, 6) is 6.91. The van der Waals surface area contributed by atoms with E-state index in [0.29, 0.717) is 0 Å². The van der Waals surface area contributed by atoms with Crippen molar-refractivity contribution in [3.63, 3.8) is 0 Å². The zero-order valence-electron chi connectivity index (χ0n) is 15.1. The van der Waals surface area contributed by atoms with Crippen molar-refractivity contribution in [1.82, 2.24) is 0 Å². The highest BCUT2D eigenvalue weighted by molar-refractivity contribution is 5.39. The molecule has 0 saturated carbocycles. The van der Waals surface area contributed by atoms with Gasteiger partial charge in [-0.3, -0.25) is 0 Å². The molecule has 0 aliphatic carbocycles. The van der Waals surface area contributed by atoms with E-state index in [2.05, 4.69) is 45.3 Å². The van der Waals surface area contributed by atoms with Crippen molar-refractivity contribution < 1.29 is 5.11 Å². The minimum atomic E-state index is -0.694. The first kappa shape index (κ1) is 19.5. The molecule has 2 atom stereocenters. The third-order valence-corrected chi connectivity index (χ3v) is 4.39. The summed E-state index contributed by atoms with van der Waals surface area (Å²) in [5, 5.41) is 10.4. The van der Waals surface area contributed by atoms with Crippen LogP contribution in [0.5, 0.6) is 0 Å². The van der Waals surface area contributed by atoms with Crippen LogP contribution in [0, 0.1) is 24.7 Å². The number of hydrogen-bond acceptors (Lipinski definition) is 1. The van der Waals surface area contributed by atoms with E-state index in [4.69, 9.17) is 0 Å². The second-order valence-corrected chi connectivity index (χ2v) is 6.50. The lowest BCUT2D eigenvalue weighted by Gasteiger charge is -2.13. The Morgan fingerprint density at radius 1 is 1.26 bits per heavy atom. The zero-order valence-corrected chi connectivity index (χ0v) is 15.1. The van der Waals surface area contributed by atoms with Gasteiger partial charge in [0, 0.05) is 6.42 Å². The van der Waals surface area contributed by atoms with Crippen molar-refractivity contribution in [2.45, 2.75) is 71.8 Å².